The van der Waals surface area contributed by atoms with E-state index in [0.29, 0.717) is 47.9 Å². The van der Waals surface area contributed by atoms with Gasteiger partial charge >= 0.3 is 6.03 Å². The quantitative estimate of drug-likeness (QED) is 0.451. The number of rotatable bonds is 9. The maximum absolute atomic E-state index is 13.8. The molecule has 0 bridgehead atoms. The van der Waals surface area contributed by atoms with Gasteiger partial charge in [-0.15, -0.1) is 0 Å². The molecule has 1 aliphatic rings. The lowest BCUT2D eigenvalue weighted by Gasteiger charge is -2.35. The number of carbonyl (C=O) groups excluding carboxylic acids is 1. The van der Waals surface area contributed by atoms with Crippen molar-refractivity contribution in [2.24, 2.45) is 0 Å². The molecule has 0 aliphatic carbocycles. The fraction of sp³-hybridized carbons (Fsp3) is 0.320. The van der Waals surface area contributed by atoms with Crippen LogP contribution in [0.4, 0.5) is 9.18 Å². The average Bonchev–Trinajstić information content (AvgIpc) is 3.35. The van der Waals surface area contributed by atoms with Crippen molar-refractivity contribution in [1.82, 2.24) is 20.4 Å². The van der Waals surface area contributed by atoms with Crippen LogP contribution in [0.25, 0.3) is 17.0 Å². The molecule has 2 heterocycles. The number of methoxy groups -OCH3 is 3. The van der Waals surface area contributed by atoms with Crippen molar-refractivity contribution >= 4 is 11.6 Å². The fourth-order valence-corrected chi connectivity index (χ4v) is 4.05. The van der Waals surface area contributed by atoms with Crippen LogP contribution in [0.5, 0.6) is 11.5 Å². The third kappa shape index (κ3) is 4.97. The summed E-state index contributed by atoms with van der Waals surface area (Å²) in [5.74, 6) is 1.14. The molecular weight excluding hydrogens is 455 g/mol. The Hall–Kier alpha value is -3.92. The van der Waals surface area contributed by atoms with Crippen LogP contribution in [0.15, 0.2) is 52.7 Å². The maximum atomic E-state index is 13.8. The number of halogens is 1. The second kappa shape index (κ2) is 10.6. The second-order valence-corrected chi connectivity index (χ2v) is 7.93. The van der Waals surface area contributed by atoms with Crippen LogP contribution >= 0.6 is 0 Å². The summed E-state index contributed by atoms with van der Waals surface area (Å²) in [4.78, 5) is 19.2. The van der Waals surface area contributed by atoms with Crippen LogP contribution in [0.1, 0.15) is 30.8 Å². The molecule has 2 aromatic carbocycles. The molecule has 4 rings (SSSR count). The van der Waals surface area contributed by atoms with E-state index in [1.807, 2.05) is 13.0 Å². The summed E-state index contributed by atoms with van der Waals surface area (Å²) in [6.45, 7) is 2.79. The highest BCUT2D eigenvalue weighted by molar-refractivity contribution is 5.87. The van der Waals surface area contributed by atoms with Crippen molar-refractivity contribution in [2.45, 2.75) is 19.4 Å². The van der Waals surface area contributed by atoms with E-state index in [1.165, 1.54) is 12.1 Å². The summed E-state index contributed by atoms with van der Waals surface area (Å²) in [6, 6.07) is 10.5. The van der Waals surface area contributed by atoms with Crippen molar-refractivity contribution in [3.8, 4) is 22.9 Å². The molecule has 35 heavy (non-hydrogen) atoms. The molecular formula is C25H27FN4O5. The van der Waals surface area contributed by atoms with Crippen LogP contribution < -0.4 is 14.8 Å². The van der Waals surface area contributed by atoms with Crippen LogP contribution in [-0.2, 0) is 4.74 Å². The molecule has 0 radical (unpaired) electrons. The van der Waals surface area contributed by atoms with E-state index in [4.69, 9.17) is 18.7 Å². The standard InChI is InChI=1S/C25H27FN4O5/c1-15-21(24-28-23(29-35-24)17-7-5-8-18(26)13-17)22(27-25(31)30(15)11-6-12-32-2)16-9-10-19(33-3)20(14-16)34-4/h5,7-10,13-14,22H,6,11-12H2,1-4H3,(H,27,31). The fourth-order valence-electron chi connectivity index (χ4n) is 4.05. The molecule has 1 N–H and O–H groups in total. The van der Waals surface area contributed by atoms with Crippen LogP contribution in [0.2, 0.25) is 0 Å². The van der Waals surface area contributed by atoms with Crippen molar-refractivity contribution in [3.63, 3.8) is 0 Å². The number of nitrogens with zero attached hydrogens (tertiary/aromatic N) is 3. The van der Waals surface area contributed by atoms with Gasteiger partial charge in [-0.2, -0.15) is 4.98 Å². The van der Waals surface area contributed by atoms with Crippen LogP contribution in [0, 0.1) is 5.82 Å². The number of allylic oxidation sites excluding steroid dienone is 1. The summed E-state index contributed by atoms with van der Waals surface area (Å²) >= 11 is 0. The number of benzene rings is 2. The van der Waals surface area contributed by atoms with Crippen LogP contribution in [-0.4, -0.2) is 55.6 Å². The largest absolute Gasteiger partial charge is 0.493 e. The van der Waals surface area contributed by atoms with Gasteiger partial charge in [-0.1, -0.05) is 23.4 Å². The van der Waals surface area contributed by atoms with E-state index in [9.17, 15) is 9.18 Å². The predicted octanol–water partition coefficient (Wildman–Crippen LogP) is 4.43. The molecule has 2 amide bonds. The zero-order valence-electron chi connectivity index (χ0n) is 20.0. The van der Waals surface area contributed by atoms with Gasteiger partial charge in [0.25, 0.3) is 5.89 Å². The normalized spacial score (nSPS) is 15.9. The third-order valence-corrected chi connectivity index (χ3v) is 5.81. The highest BCUT2D eigenvalue weighted by atomic mass is 19.1. The topological polar surface area (TPSA) is 99.0 Å². The predicted molar refractivity (Wildman–Crippen MR) is 126 cm³/mol. The minimum Gasteiger partial charge on any atom is -0.493 e. The Morgan fingerprint density at radius 1 is 1.11 bits per heavy atom. The molecule has 1 atom stereocenters. The monoisotopic (exact) mass is 482 g/mol. The second-order valence-electron chi connectivity index (χ2n) is 7.93. The first-order chi connectivity index (χ1) is 17.0. The Labute approximate surface area is 202 Å². The highest BCUT2D eigenvalue weighted by Gasteiger charge is 2.36. The number of hydrogen-bond acceptors (Lipinski definition) is 7. The van der Waals surface area contributed by atoms with Gasteiger partial charge in [0.05, 0.1) is 25.8 Å². The number of urea groups is 1. The zero-order valence-corrected chi connectivity index (χ0v) is 20.0. The lowest BCUT2D eigenvalue weighted by Crippen LogP contribution is -2.46. The summed E-state index contributed by atoms with van der Waals surface area (Å²) in [7, 11) is 4.72. The number of hydrogen-bond donors (Lipinski definition) is 1. The molecule has 10 heteroatoms. The van der Waals surface area contributed by atoms with Gasteiger partial charge in [-0.05, 0) is 43.2 Å². The van der Waals surface area contributed by atoms with Gasteiger partial charge < -0.3 is 24.1 Å². The zero-order chi connectivity index (χ0) is 24.9. The van der Waals surface area contributed by atoms with E-state index in [0.717, 1.165) is 5.56 Å². The Kier molecular flexibility index (Phi) is 7.31. The number of amides is 2. The molecule has 1 aliphatic heterocycles. The number of aromatic nitrogens is 2. The maximum Gasteiger partial charge on any atom is 0.322 e. The molecule has 0 saturated heterocycles. The summed E-state index contributed by atoms with van der Waals surface area (Å²) in [5.41, 5.74) is 2.52. The van der Waals surface area contributed by atoms with E-state index in [-0.39, 0.29) is 17.7 Å². The third-order valence-electron chi connectivity index (χ3n) is 5.81. The Bertz CT molecular complexity index is 1240. The number of ether oxygens (including phenoxy) is 3. The summed E-state index contributed by atoms with van der Waals surface area (Å²) in [6.07, 6.45) is 0.647. The Morgan fingerprint density at radius 2 is 1.91 bits per heavy atom. The Morgan fingerprint density at radius 3 is 2.63 bits per heavy atom. The highest BCUT2D eigenvalue weighted by Crippen LogP contribution is 2.40. The van der Waals surface area contributed by atoms with E-state index >= 15 is 0 Å². The SMILES string of the molecule is COCCCN1C(=O)NC(c2ccc(OC)c(OC)c2)C(c2nc(-c3cccc(F)c3)no2)=C1C. The molecule has 1 unspecified atom stereocenters. The number of carbonyl (C=O) groups is 1. The molecule has 0 fully saturated rings. The van der Waals surface area contributed by atoms with Gasteiger partial charge in [-0.3, -0.25) is 4.90 Å². The lowest BCUT2D eigenvalue weighted by atomic mass is 9.94. The first-order valence-corrected chi connectivity index (χ1v) is 11.1. The minimum absolute atomic E-state index is 0.221. The first kappa shape index (κ1) is 24.2. The molecule has 0 saturated carbocycles. The average molecular weight is 483 g/mol. The van der Waals surface area contributed by atoms with Gasteiger partial charge in [0, 0.05) is 31.5 Å². The first-order valence-electron chi connectivity index (χ1n) is 11.1. The van der Waals surface area contributed by atoms with Crippen molar-refractivity contribution in [1.29, 1.82) is 0 Å². The smallest absolute Gasteiger partial charge is 0.322 e. The van der Waals surface area contributed by atoms with Crippen molar-refractivity contribution in [3.05, 3.63) is 65.4 Å². The molecule has 9 nitrogen and oxygen atoms in total. The van der Waals surface area contributed by atoms with Crippen LogP contribution in [0.3, 0.4) is 0 Å². The lowest BCUT2D eigenvalue weighted by molar-refractivity contribution is 0.174. The van der Waals surface area contributed by atoms with Gasteiger partial charge in [0.15, 0.2) is 11.5 Å². The van der Waals surface area contributed by atoms with Crippen molar-refractivity contribution < 1.29 is 27.9 Å². The van der Waals surface area contributed by atoms with Gasteiger partial charge in [0.2, 0.25) is 5.82 Å². The summed E-state index contributed by atoms with van der Waals surface area (Å²) in [5, 5.41) is 7.10. The molecule has 3 aromatic rings. The van der Waals surface area contributed by atoms with E-state index < -0.39 is 11.9 Å². The molecule has 0 spiro atoms. The Balaban J connectivity index is 1.80. The van der Waals surface area contributed by atoms with E-state index in [2.05, 4.69) is 15.5 Å². The van der Waals surface area contributed by atoms with Gasteiger partial charge in [0.1, 0.15) is 5.82 Å². The summed E-state index contributed by atoms with van der Waals surface area (Å²) < 4.78 is 35.3. The molecule has 1 aromatic heterocycles. The molecule has 184 valence electrons. The van der Waals surface area contributed by atoms with Crippen molar-refractivity contribution in [2.75, 3.05) is 34.5 Å². The van der Waals surface area contributed by atoms with Gasteiger partial charge in [-0.25, -0.2) is 9.18 Å². The minimum atomic E-state index is -0.596. The van der Waals surface area contributed by atoms with E-state index in [1.54, 1.807) is 50.5 Å². The number of nitrogens with one attached hydrogen (secondary N) is 1.